The Morgan fingerprint density at radius 3 is 2.63 bits per heavy atom. The van der Waals surface area contributed by atoms with Gasteiger partial charge in [-0.3, -0.25) is 0 Å². The van der Waals surface area contributed by atoms with Gasteiger partial charge in [-0.25, -0.2) is 0 Å². The number of rotatable bonds is 3. The third kappa shape index (κ3) is 2.65. The smallest absolute Gasteiger partial charge is 0.161 e. The van der Waals surface area contributed by atoms with Gasteiger partial charge in [-0.15, -0.1) is 0 Å². The maximum absolute atomic E-state index is 5.59. The van der Waals surface area contributed by atoms with Gasteiger partial charge in [0.2, 0.25) is 0 Å². The molecule has 1 N–H and O–H groups in total. The third-order valence-electron chi connectivity index (χ3n) is 3.23. The van der Waals surface area contributed by atoms with E-state index in [4.69, 9.17) is 9.47 Å². The lowest BCUT2D eigenvalue weighted by Gasteiger charge is -2.19. The Balaban J connectivity index is 1.72. The number of aryl methyl sites for hydroxylation is 1. The van der Waals surface area contributed by atoms with Crippen LogP contribution in [0.4, 0.5) is 5.69 Å². The van der Waals surface area contributed by atoms with Crippen molar-refractivity contribution in [1.29, 1.82) is 0 Å². The summed E-state index contributed by atoms with van der Waals surface area (Å²) in [6.07, 6.45) is 0. The van der Waals surface area contributed by atoms with Crippen LogP contribution in [0.3, 0.4) is 0 Å². The van der Waals surface area contributed by atoms with Crippen LogP contribution in [-0.2, 0) is 6.54 Å². The molecule has 0 aromatic heterocycles. The van der Waals surface area contributed by atoms with E-state index in [1.807, 2.05) is 24.3 Å². The number of fused-ring (bicyclic) bond motifs is 1. The summed E-state index contributed by atoms with van der Waals surface area (Å²) >= 11 is 0. The van der Waals surface area contributed by atoms with Crippen LogP contribution in [0.25, 0.3) is 0 Å². The first-order chi connectivity index (χ1) is 9.33. The van der Waals surface area contributed by atoms with E-state index in [2.05, 4.69) is 30.4 Å². The molecule has 3 nitrogen and oxygen atoms in total. The minimum atomic E-state index is 0.627. The Morgan fingerprint density at radius 2 is 1.79 bits per heavy atom. The minimum absolute atomic E-state index is 0.627. The second-order valence-corrected chi connectivity index (χ2v) is 4.65. The first-order valence-electron chi connectivity index (χ1n) is 6.51. The highest BCUT2D eigenvalue weighted by atomic mass is 16.6. The van der Waals surface area contributed by atoms with Crippen LogP contribution in [0.2, 0.25) is 0 Å². The SMILES string of the molecule is Cc1ccccc1NCc1ccc2c(c1)OCCO2. The summed E-state index contributed by atoms with van der Waals surface area (Å²) in [4.78, 5) is 0. The second kappa shape index (κ2) is 5.22. The van der Waals surface area contributed by atoms with Crippen molar-refractivity contribution in [3.05, 3.63) is 53.6 Å². The van der Waals surface area contributed by atoms with Gasteiger partial charge in [0.05, 0.1) is 0 Å². The number of benzene rings is 2. The van der Waals surface area contributed by atoms with Gasteiger partial charge >= 0.3 is 0 Å². The van der Waals surface area contributed by atoms with Gasteiger partial charge in [0.1, 0.15) is 13.2 Å². The van der Waals surface area contributed by atoms with Crippen LogP contribution in [-0.4, -0.2) is 13.2 Å². The van der Waals surface area contributed by atoms with E-state index in [1.54, 1.807) is 0 Å². The molecule has 2 aromatic carbocycles. The number of anilines is 1. The second-order valence-electron chi connectivity index (χ2n) is 4.65. The molecule has 0 unspecified atom stereocenters. The number of hydrogen-bond acceptors (Lipinski definition) is 3. The van der Waals surface area contributed by atoms with E-state index in [-0.39, 0.29) is 0 Å². The Kier molecular flexibility index (Phi) is 3.27. The van der Waals surface area contributed by atoms with Crippen molar-refractivity contribution in [2.45, 2.75) is 13.5 Å². The van der Waals surface area contributed by atoms with Crippen LogP contribution in [0.5, 0.6) is 11.5 Å². The highest BCUT2D eigenvalue weighted by molar-refractivity contribution is 5.51. The number of hydrogen-bond donors (Lipinski definition) is 1. The molecule has 0 atom stereocenters. The van der Waals surface area contributed by atoms with Gasteiger partial charge in [0, 0.05) is 12.2 Å². The molecule has 0 saturated carbocycles. The lowest BCUT2D eigenvalue weighted by Crippen LogP contribution is -2.15. The van der Waals surface area contributed by atoms with E-state index in [1.165, 1.54) is 11.1 Å². The summed E-state index contributed by atoms with van der Waals surface area (Å²) in [7, 11) is 0. The largest absolute Gasteiger partial charge is 0.486 e. The van der Waals surface area contributed by atoms with Gasteiger partial charge < -0.3 is 14.8 Å². The summed E-state index contributed by atoms with van der Waals surface area (Å²) in [5, 5.41) is 3.44. The van der Waals surface area contributed by atoms with Crippen molar-refractivity contribution >= 4 is 5.69 Å². The van der Waals surface area contributed by atoms with E-state index in [0.717, 1.165) is 23.7 Å². The van der Waals surface area contributed by atoms with Crippen LogP contribution in [0, 0.1) is 6.92 Å². The third-order valence-corrected chi connectivity index (χ3v) is 3.23. The monoisotopic (exact) mass is 255 g/mol. The zero-order valence-corrected chi connectivity index (χ0v) is 11.0. The molecular formula is C16H17NO2. The standard InChI is InChI=1S/C16H17NO2/c1-12-4-2-3-5-14(12)17-11-13-6-7-15-16(10-13)19-9-8-18-15/h2-7,10,17H,8-9,11H2,1H3. The first kappa shape index (κ1) is 11.9. The topological polar surface area (TPSA) is 30.5 Å². The molecular weight excluding hydrogens is 238 g/mol. The molecule has 98 valence electrons. The van der Waals surface area contributed by atoms with E-state index in [0.29, 0.717) is 13.2 Å². The normalized spacial score (nSPS) is 13.1. The molecule has 0 amide bonds. The lowest BCUT2D eigenvalue weighted by molar-refractivity contribution is 0.171. The highest BCUT2D eigenvalue weighted by Gasteiger charge is 2.11. The van der Waals surface area contributed by atoms with Crippen molar-refractivity contribution in [3.63, 3.8) is 0 Å². The molecule has 0 fully saturated rings. The van der Waals surface area contributed by atoms with Crippen LogP contribution in [0.1, 0.15) is 11.1 Å². The van der Waals surface area contributed by atoms with Crippen molar-refractivity contribution in [2.24, 2.45) is 0 Å². The number of nitrogens with one attached hydrogen (secondary N) is 1. The molecule has 19 heavy (non-hydrogen) atoms. The van der Waals surface area contributed by atoms with Gasteiger partial charge in [0.25, 0.3) is 0 Å². The maximum Gasteiger partial charge on any atom is 0.161 e. The predicted molar refractivity (Wildman–Crippen MR) is 75.9 cm³/mol. The molecule has 0 bridgehead atoms. The lowest BCUT2D eigenvalue weighted by atomic mass is 10.1. The summed E-state index contributed by atoms with van der Waals surface area (Å²) in [6, 6.07) is 14.4. The fourth-order valence-electron chi connectivity index (χ4n) is 2.17. The molecule has 0 saturated heterocycles. The predicted octanol–water partition coefficient (Wildman–Crippen LogP) is 3.38. The van der Waals surface area contributed by atoms with E-state index in [9.17, 15) is 0 Å². The van der Waals surface area contributed by atoms with Crippen molar-refractivity contribution in [1.82, 2.24) is 0 Å². The van der Waals surface area contributed by atoms with Gasteiger partial charge in [-0.05, 0) is 36.2 Å². The van der Waals surface area contributed by atoms with Crippen molar-refractivity contribution in [3.8, 4) is 11.5 Å². The summed E-state index contributed by atoms with van der Waals surface area (Å²) < 4.78 is 11.1. The van der Waals surface area contributed by atoms with Crippen LogP contribution < -0.4 is 14.8 Å². The molecule has 1 aliphatic rings. The molecule has 1 heterocycles. The molecule has 1 aliphatic heterocycles. The summed E-state index contributed by atoms with van der Waals surface area (Å²) in [6.45, 7) is 4.14. The molecule has 3 rings (SSSR count). The Morgan fingerprint density at radius 1 is 1.00 bits per heavy atom. The van der Waals surface area contributed by atoms with Crippen LogP contribution in [0.15, 0.2) is 42.5 Å². The maximum atomic E-state index is 5.59. The van der Waals surface area contributed by atoms with Crippen molar-refractivity contribution in [2.75, 3.05) is 18.5 Å². The average molecular weight is 255 g/mol. The number of para-hydroxylation sites is 1. The van der Waals surface area contributed by atoms with E-state index < -0.39 is 0 Å². The van der Waals surface area contributed by atoms with Crippen molar-refractivity contribution < 1.29 is 9.47 Å². The fourth-order valence-corrected chi connectivity index (χ4v) is 2.17. The van der Waals surface area contributed by atoms with Crippen LogP contribution >= 0.6 is 0 Å². The summed E-state index contributed by atoms with van der Waals surface area (Å²) in [5.41, 5.74) is 3.60. The zero-order chi connectivity index (χ0) is 13.1. The minimum Gasteiger partial charge on any atom is -0.486 e. The fraction of sp³-hybridized carbons (Fsp3) is 0.250. The Hall–Kier alpha value is -2.16. The van der Waals surface area contributed by atoms with Gasteiger partial charge in [-0.1, -0.05) is 24.3 Å². The molecule has 3 heteroatoms. The quantitative estimate of drug-likeness (QED) is 0.912. The van der Waals surface area contributed by atoms with E-state index >= 15 is 0 Å². The first-order valence-corrected chi connectivity index (χ1v) is 6.51. The molecule has 2 aromatic rings. The Bertz CT molecular complexity index is 581. The molecule has 0 radical (unpaired) electrons. The molecule has 0 spiro atoms. The van der Waals surface area contributed by atoms with Gasteiger partial charge in [-0.2, -0.15) is 0 Å². The molecule has 0 aliphatic carbocycles. The number of ether oxygens (including phenoxy) is 2. The summed E-state index contributed by atoms with van der Waals surface area (Å²) in [5.74, 6) is 1.68. The van der Waals surface area contributed by atoms with Gasteiger partial charge in [0.15, 0.2) is 11.5 Å². The Labute approximate surface area is 113 Å². The average Bonchev–Trinajstić information content (AvgIpc) is 2.46. The highest BCUT2D eigenvalue weighted by Crippen LogP contribution is 2.31. The zero-order valence-electron chi connectivity index (χ0n) is 11.0.